The number of nitrogens with zero attached hydrogens (tertiary/aromatic N) is 1. The molecule has 0 bridgehead atoms. The minimum Gasteiger partial charge on any atom is -0.490 e. The highest BCUT2D eigenvalue weighted by molar-refractivity contribution is 7.80. The number of amides is 2. The van der Waals surface area contributed by atoms with Crippen molar-refractivity contribution in [1.82, 2.24) is 10.2 Å². The van der Waals surface area contributed by atoms with Gasteiger partial charge in [0.25, 0.3) is 11.8 Å². The molecule has 1 atom stereocenters. The summed E-state index contributed by atoms with van der Waals surface area (Å²) in [6.07, 6.45) is 2.44. The molecular formula is C16H18N2O3S. The zero-order valence-corrected chi connectivity index (χ0v) is 13.6. The van der Waals surface area contributed by atoms with Crippen molar-refractivity contribution in [2.75, 3.05) is 7.05 Å². The summed E-state index contributed by atoms with van der Waals surface area (Å²) in [5.41, 5.74) is 0.721. The minimum absolute atomic E-state index is 0.0382. The van der Waals surface area contributed by atoms with Gasteiger partial charge in [0.1, 0.15) is 11.3 Å². The molecule has 5 nitrogen and oxygen atoms in total. The topological polar surface area (TPSA) is 58.6 Å². The lowest BCUT2D eigenvalue weighted by Gasteiger charge is -2.25. The van der Waals surface area contributed by atoms with Gasteiger partial charge in [-0.3, -0.25) is 19.8 Å². The van der Waals surface area contributed by atoms with Crippen molar-refractivity contribution in [3.63, 3.8) is 0 Å². The molecule has 0 spiro atoms. The van der Waals surface area contributed by atoms with Gasteiger partial charge in [-0.15, -0.1) is 0 Å². The third kappa shape index (κ3) is 3.33. The number of ether oxygens (including phenoxy) is 1. The van der Waals surface area contributed by atoms with Gasteiger partial charge in [0.05, 0.1) is 6.10 Å². The third-order valence-corrected chi connectivity index (χ3v) is 3.80. The fourth-order valence-electron chi connectivity index (χ4n) is 1.91. The molecule has 0 aliphatic carbocycles. The maximum atomic E-state index is 12.2. The molecule has 6 heteroatoms. The number of carbonyl (C=O) groups is 2. The molecule has 22 heavy (non-hydrogen) atoms. The average molecular weight is 318 g/mol. The van der Waals surface area contributed by atoms with Crippen LogP contribution < -0.4 is 10.1 Å². The fraction of sp³-hybridized carbons (Fsp3) is 0.312. The number of para-hydroxylation sites is 1. The van der Waals surface area contributed by atoms with Gasteiger partial charge in [0.15, 0.2) is 5.11 Å². The van der Waals surface area contributed by atoms with E-state index in [1.807, 2.05) is 32.0 Å². The van der Waals surface area contributed by atoms with Crippen molar-refractivity contribution in [2.24, 2.45) is 0 Å². The number of benzene rings is 1. The van der Waals surface area contributed by atoms with E-state index in [0.29, 0.717) is 11.3 Å². The lowest BCUT2D eigenvalue weighted by atomic mass is 10.1. The number of thiocarbonyl (C=S) groups is 1. The zero-order valence-electron chi connectivity index (χ0n) is 12.8. The molecular weight excluding hydrogens is 300 g/mol. The Labute approximate surface area is 134 Å². The van der Waals surface area contributed by atoms with Crippen LogP contribution in [0.4, 0.5) is 0 Å². The molecule has 0 saturated carbocycles. The lowest BCUT2D eigenvalue weighted by molar-refractivity contribution is -0.128. The van der Waals surface area contributed by atoms with E-state index in [4.69, 9.17) is 17.0 Å². The molecule has 1 aromatic rings. The van der Waals surface area contributed by atoms with Gasteiger partial charge >= 0.3 is 0 Å². The summed E-state index contributed by atoms with van der Waals surface area (Å²) in [5, 5.41) is 2.60. The van der Waals surface area contributed by atoms with E-state index in [9.17, 15) is 9.59 Å². The summed E-state index contributed by atoms with van der Waals surface area (Å²) in [5.74, 6) is -0.278. The van der Waals surface area contributed by atoms with E-state index in [0.717, 1.165) is 6.42 Å². The first-order valence-electron chi connectivity index (χ1n) is 7.04. The second-order valence-electron chi connectivity index (χ2n) is 5.06. The normalized spacial score (nSPS) is 18.4. The summed E-state index contributed by atoms with van der Waals surface area (Å²) >= 11 is 4.92. The SMILES string of the molecule is CC[C@@H](C)Oc1ccccc1/C=C1\C(=O)NC(=S)N(C)C1=O. The predicted molar refractivity (Wildman–Crippen MR) is 88.3 cm³/mol. The lowest BCUT2D eigenvalue weighted by Crippen LogP contribution is -2.52. The molecule has 0 radical (unpaired) electrons. The summed E-state index contributed by atoms with van der Waals surface area (Å²) in [7, 11) is 1.53. The summed E-state index contributed by atoms with van der Waals surface area (Å²) < 4.78 is 5.83. The zero-order chi connectivity index (χ0) is 16.3. The van der Waals surface area contributed by atoms with Crippen LogP contribution >= 0.6 is 12.2 Å². The van der Waals surface area contributed by atoms with Gasteiger partial charge in [-0.1, -0.05) is 25.1 Å². The second-order valence-corrected chi connectivity index (χ2v) is 5.44. The van der Waals surface area contributed by atoms with E-state index in [-0.39, 0.29) is 16.8 Å². The number of hydrogen-bond acceptors (Lipinski definition) is 4. The largest absolute Gasteiger partial charge is 0.490 e. The predicted octanol–water partition coefficient (Wildman–Crippen LogP) is 2.12. The highest BCUT2D eigenvalue weighted by atomic mass is 32.1. The maximum absolute atomic E-state index is 12.2. The molecule has 2 amide bonds. The Morgan fingerprint density at radius 2 is 2.05 bits per heavy atom. The quantitative estimate of drug-likeness (QED) is 0.525. The summed E-state index contributed by atoms with van der Waals surface area (Å²) in [6, 6.07) is 7.30. The van der Waals surface area contributed by atoms with Crippen LogP contribution in [-0.2, 0) is 9.59 Å². The van der Waals surface area contributed by atoms with Gasteiger partial charge in [-0.2, -0.15) is 0 Å². The van der Waals surface area contributed by atoms with Crippen molar-refractivity contribution in [3.05, 3.63) is 35.4 Å². The first-order valence-corrected chi connectivity index (χ1v) is 7.45. The first-order chi connectivity index (χ1) is 10.4. The van der Waals surface area contributed by atoms with Crippen LogP contribution in [-0.4, -0.2) is 35.0 Å². The maximum Gasteiger partial charge on any atom is 0.265 e. The van der Waals surface area contributed by atoms with Gasteiger partial charge in [-0.25, -0.2) is 0 Å². The molecule has 1 fully saturated rings. The number of carbonyl (C=O) groups excluding carboxylic acids is 2. The molecule has 1 heterocycles. The standard InChI is InChI=1S/C16H18N2O3S/c1-4-10(2)21-13-8-6-5-7-11(13)9-12-14(19)17-16(22)18(3)15(12)20/h5-10H,4H2,1-3H3,(H,17,19,22)/b12-9+/t10-/m1/s1. The molecule has 1 saturated heterocycles. The van der Waals surface area contributed by atoms with E-state index in [1.165, 1.54) is 18.0 Å². The Morgan fingerprint density at radius 3 is 2.73 bits per heavy atom. The Hall–Kier alpha value is -2.21. The van der Waals surface area contributed by atoms with Crippen LogP contribution in [0.3, 0.4) is 0 Å². The van der Waals surface area contributed by atoms with Crippen LogP contribution in [0.25, 0.3) is 6.08 Å². The van der Waals surface area contributed by atoms with Crippen molar-refractivity contribution in [1.29, 1.82) is 0 Å². The van der Waals surface area contributed by atoms with Gasteiger partial charge in [0.2, 0.25) is 0 Å². The van der Waals surface area contributed by atoms with E-state index in [2.05, 4.69) is 5.32 Å². The molecule has 116 valence electrons. The second kappa shape index (κ2) is 6.70. The molecule has 0 aromatic heterocycles. The molecule has 1 N–H and O–H groups in total. The van der Waals surface area contributed by atoms with Crippen LogP contribution in [0.15, 0.2) is 29.8 Å². The first kappa shape index (κ1) is 16.2. The van der Waals surface area contributed by atoms with Gasteiger partial charge in [0, 0.05) is 12.6 Å². The molecule has 1 aliphatic heterocycles. The van der Waals surface area contributed by atoms with Crippen molar-refractivity contribution >= 4 is 35.2 Å². The van der Waals surface area contributed by atoms with E-state index in [1.54, 1.807) is 6.07 Å². The van der Waals surface area contributed by atoms with Crippen molar-refractivity contribution in [2.45, 2.75) is 26.4 Å². The van der Waals surface area contributed by atoms with Crippen LogP contribution in [0.1, 0.15) is 25.8 Å². The highest BCUT2D eigenvalue weighted by Gasteiger charge is 2.30. The Kier molecular flexibility index (Phi) is 4.92. The molecule has 1 aromatic carbocycles. The summed E-state index contributed by atoms with van der Waals surface area (Å²) in [4.78, 5) is 25.4. The average Bonchev–Trinajstić information content (AvgIpc) is 2.50. The number of hydrogen-bond donors (Lipinski definition) is 1. The van der Waals surface area contributed by atoms with Crippen molar-refractivity contribution < 1.29 is 14.3 Å². The smallest absolute Gasteiger partial charge is 0.265 e. The Balaban J connectivity index is 2.38. The van der Waals surface area contributed by atoms with E-state index < -0.39 is 11.8 Å². The Morgan fingerprint density at radius 1 is 1.36 bits per heavy atom. The number of likely N-dealkylation sites (N-methyl/N-ethyl adjacent to an activating group) is 1. The third-order valence-electron chi connectivity index (χ3n) is 3.43. The van der Waals surface area contributed by atoms with Crippen LogP contribution in [0.2, 0.25) is 0 Å². The van der Waals surface area contributed by atoms with Gasteiger partial charge in [-0.05, 0) is 37.7 Å². The monoisotopic (exact) mass is 318 g/mol. The van der Waals surface area contributed by atoms with Gasteiger partial charge < -0.3 is 4.74 Å². The highest BCUT2D eigenvalue weighted by Crippen LogP contribution is 2.24. The number of rotatable bonds is 4. The molecule has 0 unspecified atom stereocenters. The Bertz CT molecular complexity index is 655. The molecule has 2 rings (SSSR count). The number of nitrogens with one attached hydrogen (secondary N) is 1. The summed E-state index contributed by atoms with van der Waals surface area (Å²) in [6.45, 7) is 3.99. The van der Waals surface area contributed by atoms with Crippen LogP contribution in [0, 0.1) is 0 Å². The van der Waals surface area contributed by atoms with Crippen LogP contribution in [0.5, 0.6) is 5.75 Å². The van der Waals surface area contributed by atoms with Crippen molar-refractivity contribution in [3.8, 4) is 5.75 Å². The van der Waals surface area contributed by atoms with E-state index >= 15 is 0 Å². The fourth-order valence-corrected chi connectivity index (χ4v) is 2.08. The minimum atomic E-state index is -0.494. The molecule has 1 aliphatic rings.